The van der Waals surface area contributed by atoms with E-state index in [1.807, 2.05) is 0 Å². The van der Waals surface area contributed by atoms with E-state index in [0.29, 0.717) is 5.01 Å². The second kappa shape index (κ2) is 8.10. The molecular formula is C11H18N2O5. The van der Waals surface area contributed by atoms with Crippen molar-refractivity contribution in [2.75, 3.05) is 13.2 Å². The van der Waals surface area contributed by atoms with E-state index >= 15 is 0 Å². The molecular weight excluding hydrogens is 240 g/mol. The molecule has 0 bridgehead atoms. The molecule has 0 aliphatic carbocycles. The first-order chi connectivity index (χ1) is 8.47. The van der Waals surface area contributed by atoms with E-state index in [2.05, 4.69) is 16.7 Å². The summed E-state index contributed by atoms with van der Waals surface area (Å²) in [5.41, 5.74) is 1.92. The number of Topliss-reactive ketones (excluding diaryl/α,β-unsaturated/α-hetero) is 1. The van der Waals surface area contributed by atoms with Gasteiger partial charge in [0.25, 0.3) is 0 Å². The lowest BCUT2D eigenvalue weighted by atomic mass is 10.2. The summed E-state index contributed by atoms with van der Waals surface area (Å²) in [6.07, 6.45) is -1.60. The van der Waals surface area contributed by atoms with E-state index in [0.717, 1.165) is 0 Å². The Kier molecular flexibility index (Phi) is 7.18. The van der Waals surface area contributed by atoms with Crippen molar-refractivity contribution in [1.82, 2.24) is 10.4 Å². The van der Waals surface area contributed by atoms with Gasteiger partial charge in [-0.2, -0.15) is 5.01 Å². The molecule has 7 heteroatoms. The van der Waals surface area contributed by atoms with Crippen LogP contribution in [0.15, 0.2) is 12.3 Å². The van der Waals surface area contributed by atoms with Crippen LogP contribution in [0.3, 0.4) is 0 Å². The van der Waals surface area contributed by atoms with Crippen LogP contribution in [-0.2, 0) is 14.3 Å². The van der Waals surface area contributed by atoms with E-state index in [9.17, 15) is 14.4 Å². The van der Waals surface area contributed by atoms with Crippen molar-refractivity contribution in [1.29, 1.82) is 0 Å². The van der Waals surface area contributed by atoms with Crippen molar-refractivity contribution in [3.8, 4) is 0 Å². The summed E-state index contributed by atoms with van der Waals surface area (Å²) in [6.45, 7) is 8.51. The van der Waals surface area contributed by atoms with E-state index < -0.39 is 12.2 Å². The van der Waals surface area contributed by atoms with Gasteiger partial charge in [-0.3, -0.25) is 4.79 Å². The zero-order valence-electron chi connectivity index (χ0n) is 10.8. The maximum absolute atomic E-state index is 11.6. The molecule has 18 heavy (non-hydrogen) atoms. The van der Waals surface area contributed by atoms with Crippen LogP contribution in [0.4, 0.5) is 9.59 Å². The van der Waals surface area contributed by atoms with E-state index in [1.165, 1.54) is 0 Å². The molecule has 0 unspecified atom stereocenters. The largest absolute Gasteiger partial charge is 0.449 e. The Morgan fingerprint density at radius 2 is 1.67 bits per heavy atom. The lowest BCUT2D eigenvalue weighted by Crippen LogP contribution is -2.47. The number of nitrogens with zero attached hydrogens (tertiary/aromatic N) is 1. The number of nitrogens with one attached hydrogen (secondary N) is 1. The van der Waals surface area contributed by atoms with E-state index in [-0.39, 0.29) is 31.1 Å². The highest BCUT2D eigenvalue weighted by atomic mass is 16.6. The van der Waals surface area contributed by atoms with Crippen molar-refractivity contribution in [3.05, 3.63) is 12.3 Å². The van der Waals surface area contributed by atoms with Crippen molar-refractivity contribution in [3.63, 3.8) is 0 Å². The molecule has 0 rings (SSSR count). The van der Waals surface area contributed by atoms with Crippen LogP contribution in [0.2, 0.25) is 0 Å². The molecule has 0 aliphatic heterocycles. The molecule has 0 spiro atoms. The highest BCUT2D eigenvalue weighted by Gasteiger charge is 2.24. The summed E-state index contributed by atoms with van der Waals surface area (Å²) in [7, 11) is 0. The molecule has 0 aromatic rings. The number of hydrogen-bond acceptors (Lipinski definition) is 5. The first-order valence-corrected chi connectivity index (χ1v) is 5.60. The van der Waals surface area contributed by atoms with Crippen molar-refractivity contribution in [2.45, 2.75) is 27.2 Å². The Labute approximate surface area is 106 Å². The van der Waals surface area contributed by atoms with Crippen molar-refractivity contribution >= 4 is 18.0 Å². The maximum Gasteiger partial charge on any atom is 0.433 e. The fourth-order valence-corrected chi connectivity index (χ4v) is 0.995. The number of ether oxygens (including phenoxy) is 2. The number of hydrazine groups is 1. The van der Waals surface area contributed by atoms with Gasteiger partial charge in [-0.05, 0) is 13.8 Å². The fourth-order valence-electron chi connectivity index (χ4n) is 0.995. The van der Waals surface area contributed by atoms with Crippen LogP contribution in [0.5, 0.6) is 0 Å². The van der Waals surface area contributed by atoms with Gasteiger partial charge < -0.3 is 9.47 Å². The standard InChI is InChI=1S/C11H18N2O5/c1-5-9(14)8(4)13(11(16)18-7-3)12-10(15)17-6-2/h4-7H2,1-3H3,(H,12,15). The smallest absolute Gasteiger partial charge is 0.433 e. The first-order valence-electron chi connectivity index (χ1n) is 5.60. The molecule has 0 fully saturated rings. The lowest BCUT2D eigenvalue weighted by molar-refractivity contribution is -0.116. The number of allylic oxidation sites excluding steroid dienone is 1. The molecule has 102 valence electrons. The minimum absolute atomic E-state index is 0.105. The second-order valence-corrected chi connectivity index (χ2v) is 3.09. The van der Waals surface area contributed by atoms with Gasteiger partial charge in [-0.1, -0.05) is 13.5 Å². The van der Waals surface area contributed by atoms with Gasteiger partial charge in [0.2, 0.25) is 0 Å². The van der Waals surface area contributed by atoms with Crippen LogP contribution in [-0.4, -0.2) is 36.2 Å². The van der Waals surface area contributed by atoms with Crippen LogP contribution in [0.1, 0.15) is 27.2 Å². The predicted octanol–water partition coefficient (Wildman–Crippen LogP) is 1.60. The number of rotatable bonds is 5. The third-order valence-electron chi connectivity index (χ3n) is 1.84. The Balaban J connectivity index is 4.82. The number of hydrogen-bond donors (Lipinski definition) is 1. The molecule has 0 aromatic carbocycles. The first kappa shape index (κ1) is 16.0. The zero-order valence-corrected chi connectivity index (χ0v) is 10.8. The van der Waals surface area contributed by atoms with Gasteiger partial charge in [-0.15, -0.1) is 0 Å². The van der Waals surface area contributed by atoms with Gasteiger partial charge in [0.1, 0.15) is 5.70 Å². The predicted molar refractivity (Wildman–Crippen MR) is 63.5 cm³/mol. The summed E-state index contributed by atoms with van der Waals surface area (Å²) < 4.78 is 9.31. The minimum atomic E-state index is -0.891. The normalized spacial score (nSPS) is 9.28. The lowest BCUT2D eigenvalue weighted by Gasteiger charge is -2.22. The van der Waals surface area contributed by atoms with Gasteiger partial charge >= 0.3 is 12.2 Å². The monoisotopic (exact) mass is 258 g/mol. The average molecular weight is 258 g/mol. The van der Waals surface area contributed by atoms with Crippen molar-refractivity contribution < 1.29 is 23.9 Å². The number of carbonyl (C=O) groups excluding carboxylic acids is 3. The topological polar surface area (TPSA) is 84.9 Å². The molecule has 7 nitrogen and oxygen atoms in total. The number of carbonyl (C=O) groups is 3. The molecule has 0 atom stereocenters. The Bertz CT molecular complexity index is 340. The third-order valence-corrected chi connectivity index (χ3v) is 1.84. The van der Waals surface area contributed by atoms with E-state index in [1.54, 1.807) is 20.8 Å². The summed E-state index contributed by atoms with van der Waals surface area (Å²) >= 11 is 0. The molecule has 0 aliphatic rings. The molecule has 0 heterocycles. The molecule has 0 aromatic heterocycles. The number of amides is 2. The van der Waals surface area contributed by atoms with Gasteiger partial charge in [0, 0.05) is 6.42 Å². The van der Waals surface area contributed by atoms with Gasteiger partial charge in [-0.25, -0.2) is 15.0 Å². The number of ketones is 1. The summed E-state index contributed by atoms with van der Waals surface area (Å²) in [5, 5.41) is 0.646. The quantitative estimate of drug-likeness (QED) is 0.598. The second-order valence-electron chi connectivity index (χ2n) is 3.09. The van der Waals surface area contributed by atoms with Crippen LogP contribution < -0.4 is 5.43 Å². The molecule has 1 N–H and O–H groups in total. The minimum Gasteiger partial charge on any atom is -0.449 e. The van der Waals surface area contributed by atoms with E-state index in [4.69, 9.17) is 4.74 Å². The third kappa shape index (κ3) is 4.86. The Morgan fingerprint density at radius 1 is 1.11 bits per heavy atom. The van der Waals surface area contributed by atoms with Crippen LogP contribution in [0, 0.1) is 0 Å². The van der Waals surface area contributed by atoms with Gasteiger partial charge in [0.05, 0.1) is 13.2 Å². The SMILES string of the molecule is C=C(C(=O)CC)N(NC(=O)OCC)C(=O)OCC. The fraction of sp³-hybridized carbons (Fsp3) is 0.545. The Hall–Kier alpha value is -2.05. The Morgan fingerprint density at radius 3 is 2.11 bits per heavy atom. The summed E-state index contributed by atoms with van der Waals surface area (Å²) in [5.74, 6) is -0.389. The highest BCUT2D eigenvalue weighted by Crippen LogP contribution is 2.05. The van der Waals surface area contributed by atoms with Crippen LogP contribution in [0.25, 0.3) is 0 Å². The maximum atomic E-state index is 11.6. The van der Waals surface area contributed by atoms with Crippen molar-refractivity contribution in [2.24, 2.45) is 0 Å². The average Bonchev–Trinajstić information content (AvgIpc) is 2.34. The molecule has 2 amide bonds. The molecule has 0 radical (unpaired) electrons. The van der Waals surface area contributed by atoms with Crippen LogP contribution >= 0.6 is 0 Å². The molecule has 0 saturated heterocycles. The van der Waals surface area contributed by atoms with Gasteiger partial charge in [0.15, 0.2) is 5.78 Å². The summed E-state index contributed by atoms with van der Waals surface area (Å²) in [4.78, 5) is 34.3. The zero-order chi connectivity index (χ0) is 14.1. The molecule has 0 saturated carbocycles. The highest BCUT2D eigenvalue weighted by molar-refractivity contribution is 5.97. The summed E-state index contributed by atoms with van der Waals surface area (Å²) in [6, 6.07) is 0.